The smallest absolute Gasteiger partial charge is 0.296 e. The van der Waals surface area contributed by atoms with Gasteiger partial charge in [-0.15, -0.1) is 10.2 Å². The number of aromatic nitrogens is 6. The van der Waals surface area contributed by atoms with Gasteiger partial charge in [0.05, 0.1) is 30.6 Å². The van der Waals surface area contributed by atoms with Gasteiger partial charge in [0.25, 0.3) is 11.5 Å². The van der Waals surface area contributed by atoms with Crippen LogP contribution in [0.2, 0.25) is 0 Å². The number of likely N-dealkylation sites (tertiary alicyclic amines) is 1. The standard InChI is InChI=1S/C32H32N10O4/c1-20-7-12-28(37-36-20)41-14-5-6-24(32(41)45)35-27-16-25(40(3)19-21-8-10-23(46-4)11-9-21)29-33-18-26(42(29)38-27)30(43)34-17-22-13-15-39(2)31(22)44/h5-12,14,16-18,22H,13,15,19H2,1-4H3,(H,35,38)/b34-17-. The molecule has 1 N–H and O–H groups in total. The van der Waals surface area contributed by atoms with Gasteiger partial charge >= 0.3 is 0 Å². The number of hydrogen-bond donors (Lipinski definition) is 1. The molecule has 1 aromatic carbocycles. The molecular weight excluding hydrogens is 588 g/mol. The summed E-state index contributed by atoms with van der Waals surface area (Å²) in [6, 6.07) is 16.3. The number of carbonyl (C=O) groups excluding carboxylic acids is 2. The molecule has 14 heteroatoms. The first-order valence-corrected chi connectivity index (χ1v) is 14.6. The monoisotopic (exact) mass is 620 g/mol. The average molecular weight is 621 g/mol. The van der Waals surface area contributed by atoms with Gasteiger partial charge in [0.2, 0.25) is 5.91 Å². The first-order valence-electron chi connectivity index (χ1n) is 14.6. The maximum atomic E-state index is 13.5. The van der Waals surface area contributed by atoms with Gasteiger partial charge in [0.1, 0.15) is 11.4 Å². The number of aryl methyl sites for hydroxylation is 1. The zero-order valence-corrected chi connectivity index (χ0v) is 25.8. The van der Waals surface area contributed by atoms with Crippen LogP contribution in [0.5, 0.6) is 5.75 Å². The van der Waals surface area contributed by atoms with Crippen molar-refractivity contribution in [3.05, 3.63) is 94.3 Å². The molecule has 1 aliphatic rings. The second-order valence-electron chi connectivity index (χ2n) is 11.0. The summed E-state index contributed by atoms with van der Waals surface area (Å²) in [5, 5.41) is 16.0. The zero-order valence-electron chi connectivity index (χ0n) is 25.8. The topological polar surface area (TPSA) is 152 Å². The lowest BCUT2D eigenvalue weighted by Crippen LogP contribution is -2.23. The molecule has 46 heavy (non-hydrogen) atoms. The van der Waals surface area contributed by atoms with Crippen molar-refractivity contribution in [3.63, 3.8) is 0 Å². The summed E-state index contributed by atoms with van der Waals surface area (Å²) in [7, 11) is 5.23. The second kappa shape index (κ2) is 12.6. The average Bonchev–Trinajstić information content (AvgIpc) is 3.63. The molecule has 1 saturated heterocycles. The summed E-state index contributed by atoms with van der Waals surface area (Å²) < 4.78 is 8.07. The van der Waals surface area contributed by atoms with Crippen molar-refractivity contribution in [2.75, 3.05) is 38.0 Å². The predicted molar refractivity (Wildman–Crippen MR) is 172 cm³/mol. The van der Waals surface area contributed by atoms with E-state index in [4.69, 9.17) is 4.74 Å². The molecule has 0 aliphatic carbocycles. The fraction of sp³-hybridized carbons (Fsp3) is 0.250. The highest BCUT2D eigenvalue weighted by Gasteiger charge is 2.28. The number of anilines is 3. The van der Waals surface area contributed by atoms with Crippen molar-refractivity contribution >= 4 is 40.9 Å². The van der Waals surface area contributed by atoms with E-state index in [-0.39, 0.29) is 28.7 Å². The summed E-state index contributed by atoms with van der Waals surface area (Å²) in [6.45, 7) is 2.92. The molecule has 5 heterocycles. The number of rotatable bonds is 9. The van der Waals surface area contributed by atoms with Crippen molar-refractivity contribution in [1.82, 2.24) is 34.3 Å². The molecule has 234 valence electrons. The van der Waals surface area contributed by atoms with E-state index in [0.717, 1.165) is 17.0 Å². The molecular formula is C32H32N10O4. The van der Waals surface area contributed by atoms with E-state index in [0.29, 0.717) is 36.7 Å². The maximum Gasteiger partial charge on any atom is 0.296 e. The minimum absolute atomic E-state index is 0.0770. The predicted octanol–water partition coefficient (Wildman–Crippen LogP) is 3.06. The van der Waals surface area contributed by atoms with Crippen LogP contribution in [-0.2, 0) is 11.3 Å². The highest BCUT2D eigenvalue weighted by Crippen LogP contribution is 2.27. The van der Waals surface area contributed by atoms with E-state index in [1.165, 1.54) is 21.5 Å². The summed E-state index contributed by atoms with van der Waals surface area (Å²) in [4.78, 5) is 51.3. The fourth-order valence-corrected chi connectivity index (χ4v) is 5.17. The van der Waals surface area contributed by atoms with Crippen LogP contribution in [-0.4, -0.2) is 80.0 Å². The molecule has 1 atom stereocenters. The Morgan fingerprint density at radius 2 is 1.96 bits per heavy atom. The third-order valence-corrected chi connectivity index (χ3v) is 7.74. The van der Waals surface area contributed by atoms with E-state index in [1.54, 1.807) is 55.6 Å². The molecule has 1 fully saturated rings. The quantitative estimate of drug-likeness (QED) is 0.243. The number of carbonyl (C=O) groups is 2. The van der Waals surface area contributed by atoms with E-state index in [1.807, 2.05) is 43.1 Å². The van der Waals surface area contributed by atoms with Crippen LogP contribution in [0.15, 0.2) is 76.8 Å². The minimum Gasteiger partial charge on any atom is -0.497 e. The fourth-order valence-electron chi connectivity index (χ4n) is 5.17. The van der Waals surface area contributed by atoms with E-state index in [2.05, 4.69) is 30.6 Å². The Labute approximate surface area is 264 Å². The van der Waals surface area contributed by atoms with Crippen molar-refractivity contribution in [2.45, 2.75) is 19.9 Å². The number of fused-ring (bicyclic) bond motifs is 1. The summed E-state index contributed by atoms with van der Waals surface area (Å²) in [6.07, 6.45) is 5.00. The van der Waals surface area contributed by atoms with Gasteiger partial charge < -0.3 is 19.9 Å². The molecule has 6 rings (SSSR count). The number of nitrogens with zero attached hydrogens (tertiary/aromatic N) is 9. The van der Waals surface area contributed by atoms with Crippen molar-refractivity contribution < 1.29 is 14.3 Å². The summed E-state index contributed by atoms with van der Waals surface area (Å²) in [5.74, 6) is 0.280. The van der Waals surface area contributed by atoms with Crippen LogP contribution >= 0.6 is 0 Å². The van der Waals surface area contributed by atoms with Crippen molar-refractivity contribution in [2.24, 2.45) is 10.9 Å². The summed E-state index contributed by atoms with van der Waals surface area (Å²) >= 11 is 0. The highest BCUT2D eigenvalue weighted by molar-refractivity contribution is 6.03. The lowest BCUT2D eigenvalue weighted by molar-refractivity contribution is -0.128. The lowest BCUT2D eigenvalue weighted by atomic mass is 10.1. The van der Waals surface area contributed by atoms with Gasteiger partial charge in [0.15, 0.2) is 23.0 Å². The number of aliphatic imine (C=N–C) groups is 1. The first kappa shape index (κ1) is 30.1. The van der Waals surface area contributed by atoms with Crippen LogP contribution in [0.4, 0.5) is 17.2 Å². The Kier molecular flexibility index (Phi) is 8.25. The third-order valence-electron chi connectivity index (χ3n) is 7.74. The molecule has 4 aromatic heterocycles. The highest BCUT2D eigenvalue weighted by atomic mass is 16.5. The largest absolute Gasteiger partial charge is 0.497 e. The van der Waals surface area contributed by atoms with Crippen molar-refractivity contribution in [3.8, 4) is 11.6 Å². The zero-order chi connectivity index (χ0) is 32.4. The number of hydrogen-bond acceptors (Lipinski definition) is 10. The number of benzene rings is 1. The minimum atomic E-state index is -0.594. The molecule has 2 amide bonds. The Hall–Kier alpha value is -5.92. The van der Waals surface area contributed by atoms with Crippen LogP contribution in [0, 0.1) is 12.8 Å². The number of imidazole rings is 1. The molecule has 0 radical (unpaired) electrons. The Bertz CT molecular complexity index is 2000. The van der Waals surface area contributed by atoms with Gasteiger partial charge in [-0.25, -0.2) is 14.5 Å². The second-order valence-corrected chi connectivity index (χ2v) is 11.0. The number of amides is 2. The van der Waals surface area contributed by atoms with Crippen molar-refractivity contribution in [1.29, 1.82) is 0 Å². The van der Waals surface area contributed by atoms with Crippen LogP contribution < -0.4 is 20.5 Å². The summed E-state index contributed by atoms with van der Waals surface area (Å²) in [5.41, 5.74) is 2.77. The van der Waals surface area contributed by atoms with E-state index in [9.17, 15) is 14.4 Å². The molecule has 1 aliphatic heterocycles. The van der Waals surface area contributed by atoms with Gasteiger partial charge in [-0.05, 0) is 55.3 Å². The molecule has 1 unspecified atom stereocenters. The number of pyridine rings is 1. The SMILES string of the molecule is COc1ccc(CN(C)c2cc(Nc3cccn(-c4ccc(C)nn4)c3=O)nn3c(C(=O)/N=C\C4CCN(C)C4=O)cnc23)cc1. The first-order chi connectivity index (χ1) is 22.2. The lowest BCUT2D eigenvalue weighted by Gasteiger charge is -2.21. The van der Waals surface area contributed by atoms with Gasteiger partial charge in [-0.1, -0.05) is 12.1 Å². The molecule has 0 spiro atoms. The van der Waals surface area contributed by atoms with Gasteiger partial charge in [-0.2, -0.15) is 5.10 Å². The Balaban J connectivity index is 1.38. The molecule has 5 aromatic rings. The molecule has 0 saturated carbocycles. The number of methoxy groups -OCH3 is 1. The Morgan fingerprint density at radius 1 is 1.15 bits per heavy atom. The number of ether oxygens (including phenoxy) is 1. The van der Waals surface area contributed by atoms with Gasteiger partial charge in [0, 0.05) is 45.7 Å². The normalized spacial score (nSPS) is 14.7. The Morgan fingerprint density at radius 3 is 2.65 bits per heavy atom. The van der Waals surface area contributed by atoms with Gasteiger partial charge in [-0.3, -0.25) is 19.0 Å². The van der Waals surface area contributed by atoms with E-state index >= 15 is 0 Å². The maximum absolute atomic E-state index is 13.5. The van der Waals surface area contributed by atoms with Crippen LogP contribution in [0.3, 0.4) is 0 Å². The molecule has 14 nitrogen and oxygen atoms in total. The van der Waals surface area contributed by atoms with Crippen LogP contribution in [0.25, 0.3) is 11.5 Å². The molecule has 0 bridgehead atoms. The third kappa shape index (κ3) is 6.04. The number of nitrogens with one attached hydrogen (secondary N) is 1. The van der Waals surface area contributed by atoms with Crippen LogP contribution in [0.1, 0.15) is 28.2 Å². The van der Waals surface area contributed by atoms with E-state index < -0.39 is 11.8 Å².